The molecule has 4 aliphatic heterocycles. The van der Waals surface area contributed by atoms with Gasteiger partial charge in [-0.1, -0.05) is 52.8 Å². The summed E-state index contributed by atoms with van der Waals surface area (Å²) in [6.07, 6.45) is 6.53. The minimum absolute atomic E-state index is 0.0101. The summed E-state index contributed by atoms with van der Waals surface area (Å²) in [4.78, 5) is 63.1. The van der Waals surface area contributed by atoms with Gasteiger partial charge >= 0.3 is 11.8 Å². The Kier molecular flexibility index (Phi) is 13.6. The standard InChI is InChI=1S/C50H61N3O13/c1-23-13-12-14-24(2)49(60)52-41-44(58)37-36(40-47(41)65-35-20-32(19-33(55)39(35)51-40)62-22-31-15-17-53(10)21-31)38-46(29(7)43(37)57)66-50(9,48(38)59)63-18-16-34(61-11)28(6)45(64-30(8)54)27(5)25(3)26(4)42(23)56/h12-14,16,18-20,23,25-28,31,34,42,45,55-57H,15,17,21-22H2,1-11H3,(H,52,60)/b13-12+,18-16+,24-14-/t23-,25+,26-,27+,28+,31?,34-,42-,45-,50-/m0/s1. The number of phenols is 2. The Labute approximate surface area is 383 Å². The third-order valence-electron chi connectivity index (χ3n) is 14.0. The monoisotopic (exact) mass is 911 g/mol. The predicted octanol–water partition coefficient (Wildman–Crippen LogP) is 7.26. The SMILES string of the molecule is CO[C@H]1/C=C/O[C@@]2(C)Oc3c(C)c(O)c4c(=O)c(c5oc6cc(OCC7CCN(C)C7)cc(O)c6nc-5c4c3C2=O)NC(=O)/C(C)=C\C=C\[C@H](C)[C@H](O)[C@@H](C)[C@@H](C)[C@@H](C)[C@H](OC(C)=O)[C@@H]1C. The largest absolute Gasteiger partial charge is 0.507 e. The Hall–Kier alpha value is -5.97. The lowest BCUT2D eigenvalue weighted by Gasteiger charge is -2.39. The molecule has 66 heavy (non-hydrogen) atoms. The zero-order chi connectivity index (χ0) is 48.1. The van der Waals surface area contributed by atoms with Gasteiger partial charge in [-0.05, 0) is 57.7 Å². The molecule has 0 spiro atoms. The molecule has 0 radical (unpaired) electrons. The highest BCUT2D eigenvalue weighted by Crippen LogP contribution is 2.51. The molecule has 10 atom stereocenters. The molecule has 4 heterocycles. The Morgan fingerprint density at radius 3 is 2.41 bits per heavy atom. The molecule has 1 amide bonds. The lowest BCUT2D eigenvalue weighted by molar-refractivity contribution is -0.157. The van der Waals surface area contributed by atoms with Gasteiger partial charge in [0.25, 0.3) is 11.7 Å². The van der Waals surface area contributed by atoms with Crippen LogP contribution in [0.1, 0.15) is 77.7 Å². The molecule has 2 aromatic carbocycles. The number of carbonyl (C=O) groups excluding carboxylic acids is 3. The molecule has 0 aromatic heterocycles. The lowest BCUT2D eigenvalue weighted by atomic mass is 9.73. The van der Waals surface area contributed by atoms with Gasteiger partial charge in [-0.25, -0.2) is 4.98 Å². The molecule has 1 saturated heterocycles. The first-order valence-corrected chi connectivity index (χ1v) is 22.4. The van der Waals surface area contributed by atoms with Crippen LogP contribution in [0.5, 0.6) is 23.0 Å². The Morgan fingerprint density at radius 2 is 1.74 bits per heavy atom. The van der Waals surface area contributed by atoms with Crippen LogP contribution in [0.2, 0.25) is 0 Å². The number of amides is 1. The normalized spacial score (nSPS) is 30.8. The summed E-state index contributed by atoms with van der Waals surface area (Å²) in [6.45, 7) is 17.5. The van der Waals surface area contributed by atoms with E-state index in [1.54, 1.807) is 25.2 Å². The second-order valence-corrected chi connectivity index (χ2v) is 18.6. The third-order valence-corrected chi connectivity index (χ3v) is 14.0. The number of rotatable bonds is 5. The zero-order valence-corrected chi connectivity index (χ0v) is 39.4. The van der Waals surface area contributed by atoms with E-state index < -0.39 is 58.9 Å². The van der Waals surface area contributed by atoms with E-state index >= 15 is 0 Å². The maximum Gasteiger partial charge on any atom is 0.312 e. The van der Waals surface area contributed by atoms with Crippen LogP contribution in [-0.4, -0.2) is 101 Å². The van der Waals surface area contributed by atoms with Gasteiger partial charge in [0, 0.05) is 73.9 Å². The van der Waals surface area contributed by atoms with E-state index in [1.165, 1.54) is 52.4 Å². The molecule has 1 fully saturated rings. The molecule has 2 aromatic rings. The average molecular weight is 912 g/mol. The van der Waals surface area contributed by atoms with Gasteiger partial charge in [-0.2, -0.15) is 0 Å². The molecular weight excluding hydrogens is 851 g/mol. The van der Waals surface area contributed by atoms with Crippen LogP contribution in [0.25, 0.3) is 33.3 Å². The number of allylic oxidation sites excluding steroid dienone is 2. The number of aromatic hydroxyl groups is 2. The van der Waals surface area contributed by atoms with Crippen LogP contribution in [0, 0.1) is 42.4 Å². The number of phenolic OH excluding ortho intramolecular Hbond substituents is 2. The summed E-state index contributed by atoms with van der Waals surface area (Å²) < 4.78 is 36.7. The number of nitrogens with zero attached hydrogens (tertiary/aromatic N) is 2. The van der Waals surface area contributed by atoms with E-state index in [0.29, 0.717) is 6.61 Å². The first kappa shape index (κ1) is 48.0. The number of aliphatic hydroxyl groups is 1. The van der Waals surface area contributed by atoms with Gasteiger partial charge in [0.2, 0.25) is 5.43 Å². The number of anilines is 1. The predicted molar refractivity (Wildman–Crippen MR) is 247 cm³/mol. The summed E-state index contributed by atoms with van der Waals surface area (Å²) in [5.41, 5.74) is -1.37. The number of hydrogen-bond donors (Lipinski definition) is 4. The van der Waals surface area contributed by atoms with Crippen molar-refractivity contribution in [3.8, 4) is 34.5 Å². The number of likely N-dealkylation sites (tertiary alicyclic amines) is 1. The van der Waals surface area contributed by atoms with E-state index in [1.807, 2.05) is 41.7 Å². The minimum Gasteiger partial charge on any atom is -0.507 e. The molecule has 16 nitrogen and oxygen atoms in total. The van der Waals surface area contributed by atoms with E-state index in [2.05, 4.69) is 10.2 Å². The second kappa shape index (κ2) is 18.7. The van der Waals surface area contributed by atoms with Crippen molar-refractivity contribution >= 4 is 45.2 Å². The van der Waals surface area contributed by atoms with Crippen molar-refractivity contribution in [3.63, 3.8) is 0 Å². The number of fused-ring (bicyclic) bond motifs is 2. The Bertz CT molecular complexity index is 2690. The highest BCUT2D eigenvalue weighted by Gasteiger charge is 2.50. The van der Waals surface area contributed by atoms with Crippen molar-refractivity contribution in [2.24, 2.45) is 35.5 Å². The fourth-order valence-electron chi connectivity index (χ4n) is 9.54. The number of aromatic nitrogens is 1. The molecule has 4 N–H and O–H groups in total. The maximum atomic E-state index is 14.8. The van der Waals surface area contributed by atoms with Crippen LogP contribution in [0.4, 0.5) is 5.69 Å². The van der Waals surface area contributed by atoms with Crippen LogP contribution in [-0.2, 0) is 23.8 Å². The summed E-state index contributed by atoms with van der Waals surface area (Å²) >= 11 is 0. The topological polar surface area (TPSA) is 216 Å². The summed E-state index contributed by atoms with van der Waals surface area (Å²) in [7, 11) is 3.53. The molecule has 16 heteroatoms. The molecular formula is C50H61N3O13. The third kappa shape index (κ3) is 8.85. The smallest absolute Gasteiger partial charge is 0.312 e. The number of benzene rings is 3. The van der Waals surface area contributed by atoms with E-state index in [4.69, 9.17) is 33.1 Å². The quantitative estimate of drug-likeness (QED) is 0.0881. The highest BCUT2D eigenvalue weighted by molar-refractivity contribution is 6.22. The summed E-state index contributed by atoms with van der Waals surface area (Å²) in [6, 6.07) is 2.92. The number of ketones is 1. The van der Waals surface area contributed by atoms with E-state index in [-0.39, 0.29) is 103 Å². The molecule has 0 saturated carbocycles. The van der Waals surface area contributed by atoms with Crippen molar-refractivity contribution in [1.82, 2.24) is 9.88 Å². The number of nitrogens with one attached hydrogen (secondary N) is 1. The molecule has 1 unspecified atom stereocenters. The van der Waals surface area contributed by atoms with Crippen molar-refractivity contribution in [2.45, 2.75) is 92.8 Å². The van der Waals surface area contributed by atoms with Crippen molar-refractivity contribution in [2.75, 3.05) is 39.2 Å². The lowest BCUT2D eigenvalue weighted by Crippen LogP contribution is -2.43. The van der Waals surface area contributed by atoms with Crippen LogP contribution in [0.3, 0.4) is 0 Å². The molecule has 1 aliphatic carbocycles. The molecule has 354 valence electrons. The highest BCUT2D eigenvalue weighted by atomic mass is 16.7. The maximum absolute atomic E-state index is 14.8. The van der Waals surface area contributed by atoms with Crippen molar-refractivity contribution in [1.29, 1.82) is 0 Å². The first-order valence-electron chi connectivity index (χ1n) is 22.4. The number of Topliss-reactive ketones (excluding diaryl/α,β-unsaturated/α-hetero) is 1. The van der Waals surface area contributed by atoms with Gasteiger partial charge < -0.3 is 53.6 Å². The number of methoxy groups -OCH3 is 1. The zero-order valence-electron chi connectivity index (χ0n) is 39.4. The number of ether oxygens (including phenoxy) is 5. The number of carbonyl (C=O) groups is 3. The van der Waals surface area contributed by atoms with E-state index in [0.717, 1.165) is 19.5 Å². The number of esters is 1. The van der Waals surface area contributed by atoms with Crippen molar-refractivity contribution in [3.05, 3.63) is 69.6 Å². The van der Waals surface area contributed by atoms with Gasteiger partial charge in [0.05, 0.1) is 36.0 Å². The van der Waals surface area contributed by atoms with Gasteiger partial charge in [-0.15, -0.1) is 0 Å². The summed E-state index contributed by atoms with van der Waals surface area (Å²) in [5, 5.41) is 37.0. The fourth-order valence-corrected chi connectivity index (χ4v) is 9.54. The van der Waals surface area contributed by atoms with E-state index in [9.17, 15) is 34.5 Å². The Balaban J connectivity index is 1.42. The van der Waals surface area contributed by atoms with Crippen molar-refractivity contribution < 1.29 is 57.8 Å². The van der Waals surface area contributed by atoms with Crippen LogP contribution < -0.4 is 20.2 Å². The molecule has 5 aliphatic rings. The van der Waals surface area contributed by atoms with Gasteiger partial charge in [0.15, 0.2) is 11.3 Å². The Morgan fingerprint density at radius 1 is 1.02 bits per heavy atom. The van der Waals surface area contributed by atoms with Crippen LogP contribution in [0.15, 0.2) is 57.5 Å². The van der Waals surface area contributed by atoms with Crippen LogP contribution >= 0.6 is 0 Å². The number of hydrogen-bond acceptors (Lipinski definition) is 15. The molecule has 4 bridgehead atoms. The number of aliphatic hydroxyl groups excluding tert-OH is 1. The first-order chi connectivity index (χ1) is 31.2. The fraction of sp³-hybridized carbons (Fsp3) is 0.500. The van der Waals surface area contributed by atoms with Gasteiger partial charge in [-0.3, -0.25) is 19.2 Å². The minimum atomic E-state index is -2.05. The average Bonchev–Trinajstić information content (AvgIpc) is 3.82. The summed E-state index contributed by atoms with van der Waals surface area (Å²) in [5.74, 6) is -6.13. The van der Waals surface area contributed by atoms with Gasteiger partial charge in [0.1, 0.15) is 46.0 Å². The molecule has 7 rings (SSSR count). The second-order valence-electron chi connectivity index (χ2n) is 18.6.